The first-order valence-electron chi connectivity index (χ1n) is 5.54. The van der Waals surface area contributed by atoms with Gasteiger partial charge in [0.2, 0.25) is 0 Å². The minimum atomic E-state index is 0.281. The van der Waals surface area contributed by atoms with Crippen molar-refractivity contribution in [1.29, 1.82) is 0 Å². The minimum absolute atomic E-state index is 0.281. The summed E-state index contributed by atoms with van der Waals surface area (Å²) in [5, 5.41) is 0. The fourth-order valence-electron chi connectivity index (χ4n) is 1.73. The van der Waals surface area contributed by atoms with Gasteiger partial charge in [-0.1, -0.05) is 0 Å². The normalized spacial score (nSPS) is 24.1. The molecule has 0 radical (unpaired) electrons. The van der Waals surface area contributed by atoms with E-state index in [1.54, 1.807) is 0 Å². The number of carbonyl (C=O) groups is 1. The van der Waals surface area contributed by atoms with Gasteiger partial charge in [0.05, 0.1) is 0 Å². The number of hydrogen-bond donors (Lipinski definition) is 0. The molecule has 0 aromatic heterocycles. The Bertz CT molecular complexity index is 149. The highest BCUT2D eigenvalue weighted by molar-refractivity contribution is 5.53. The maximum Gasteiger partial charge on any atom is 0.123 e. The molecule has 2 heterocycles. The molecule has 0 amide bonds. The third-order valence-corrected chi connectivity index (χ3v) is 2.79. The van der Waals surface area contributed by atoms with E-state index in [1.165, 1.54) is 25.9 Å². The van der Waals surface area contributed by atoms with E-state index in [2.05, 4.69) is 11.9 Å². The summed E-state index contributed by atoms with van der Waals surface area (Å²) < 4.78 is 5.04. The maximum atomic E-state index is 10.1. The van der Waals surface area contributed by atoms with Gasteiger partial charge in [-0.15, -0.1) is 0 Å². The van der Waals surface area contributed by atoms with Crippen molar-refractivity contribution < 1.29 is 9.53 Å². The molecule has 3 nitrogen and oxygen atoms in total. The van der Waals surface area contributed by atoms with E-state index in [0.717, 1.165) is 32.3 Å². The zero-order valence-electron chi connectivity index (χ0n) is 9.08. The van der Waals surface area contributed by atoms with Crippen LogP contribution in [0, 0.1) is 5.92 Å². The number of likely N-dealkylation sites (tertiary alicyclic amines) is 1. The van der Waals surface area contributed by atoms with E-state index >= 15 is 0 Å². The molecule has 14 heavy (non-hydrogen) atoms. The number of hydrogen-bond acceptors (Lipinski definition) is 3. The second-order valence-electron chi connectivity index (χ2n) is 4.10. The van der Waals surface area contributed by atoms with E-state index in [1.807, 2.05) is 0 Å². The van der Waals surface area contributed by atoms with Crippen LogP contribution in [-0.2, 0) is 9.53 Å². The number of ether oxygens (including phenoxy) is 1. The Hall–Kier alpha value is -0.410. The summed E-state index contributed by atoms with van der Waals surface area (Å²) in [5.41, 5.74) is 0. The maximum absolute atomic E-state index is 10.1. The molecular formula is C11H21NO2. The Kier molecular flexibility index (Phi) is 5.80. The van der Waals surface area contributed by atoms with Crippen LogP contribution < -0.4 is 0 Å². The fraction of sp³-hybridized carbons (Fsp3) is 0.909. The quantitative estimate of drug-likeness (QED) is 0.597. The van der Waals surface area contributed by atoms with Crippen LogP contribution >= 0.6 is 0 Å². The fourth-order valence-corrected chi connectivity index (χ4v) is 1.73. The molecule has 2 aliphatic heterocycles. The van der Waals surface area contributed by atoms with Gasteiger partial charge in [0.25, 0.3) is 0 Å². The van der Waals surface area contributed by atoms with Crippen LogP contribution in [0.1, 0.15) is 25.7 Å². The number of nitrogens with zero attached hydrogens (tertiary/aromatic N) is 1. The zero-order chi connectivity index (χ0) is 10.2. The lowest BCUT2D eigenvalue weighted by molar-refractivity contribution is -0.113. The predicted molar refractivity (Wildman–Crippen MR) is 56.3 cm³/mol. The van der Waals surface area contributed by atoms with E-state index < -0.39 is 0 Å². The third-order valence-electron chi connectivity index (χ3n) is 2.79. The lowest BCUT2D eigenvalue weighted by Crippen LogP contribution is -2.16. The topological polar surface area (TPSA) is 29.5 Å². The van der Waals surface area contributed by atoms with Crippen LogP contribution in [0.2, 0.25) is 0 Å². The highest BCUT2D eigenvalue weighted by Crippen LogP contribution is 2.10. The van der Waals surface area contributed by atoms with Crippen molar-refractivity contribution in [1.82, 2.24) is 4.90 Å². The lowest BCUT2D eigenvalue weighted by atomic mass is 10.0. The van der Waals surface area contributed by atoms with Gasteiger partial charge in [-0.3, -0.25) is 0 Å². The Morgan fingerprint density at radius 2 is 1.79 bits per heavy atom. The molecule has 3 heteroatoms. The molecular weight excluding hydrogens is 178 g/mol. The van der Waals surface area contributed by atoms with Crippen molar-refractivity contribution in [3.05, 3.63) is 0 Å². The van der Waals surface area contributed by atoms with Gasteiger partial charge in [0.1, 0.15) is 6.29 Å². The van der Waals surface area contributed by atoms with Gasteiger partial charge in [-0.05, 0) is 45.8 Å². The molecule has 0 bridgehead atoms. The lowest BCUT2D eigenvalue weighted by Gasteiger charge is -2.15. The van der Waals surface area contributed by atoms with Gasteiger partial charge in [0.15, 0.2) is 0 Å². The SMILES string of the molecule is CN1CCCC1.O=CC1CCOCC1. The average Bonchev–Trinajstić information content (AvgIpc) is 2.71. The molecule has 2 rings (SSSR count). The zero-order valence-corrected chi connectivity index (χ0v) is 9.08. The van der Waals surface area contributed by atoms with Crippen molar-refractivity contribution in [2.45, 2.75) is 25.7 Å². The molecule has 0 aromatic rings. The Balaban J connectivity index is 0.000000146. The molecule has 0 N–H and O–H groups in total. The molecule has 82 valence electrons. The molecule has 0 saturated carbocycles. The van der Waals surface area contributed by atoms with Gasteiger partial charge < -0.3 is 14.4 Å². The molecule has 2 fully saturated rings. The van der Waals surface area contributed by atoms with E-state index in [0.29, 0.717) is 0 Å². The van der Waals surface area contributed by atoms with Crippen LogP contribution in [0.25, 0.3) is 0 Å². The summed E-state index contributed by atoms with van der Waals surface area (Å²) in [6, 6.07) is 0. The second-order valence-corrected chi connectivity index (χ2v) is 4.10. The van der Waals surface area contributed by atoms with Gasteiger partial charge in [-0.2, -0.15) is 0 Å². The van der Waals surface area contributed by atoms with Crippen LogP contribution in [-0.4, -0.2) is 44.5 Å². The summed E-state index contributed by atoms with van der Waals surface area (Å²) in [7, 11) is 2.17. The highest BCUT2D eigenvalue weighted by Gasteiger charge is 2.10. The highest BCUT2D eigenvalue weighted by atomic mass is 16.5. The number of aldehydes is 1. The van der Waals surface area contributed by atoms with Gasteiger partial charge in [0, 0.05) is 19.1 Å². The second kappa shape index (κ2) is 6.96. The largest absolute Gasteiger partial charge is 0.381 e. The number of carbonyl (C=O) groups excluding carboxylic acids is 1. The van der Waals surface area contributed by atoms with Crippen LogP contribution in [0.4, 0.5) is 0 Å². The van der Waals surface area contributed by atoms with Crippen molar-refractivity contribution in [3.63, 3.8) is 0 Å². The Labute approximate surface area is 86.4 Å². The molecule has 0 atom stereocenters. The first-order chi connectivity index (χ1) is 6.83. The summed E-state index contributed by atoms with van der Waals surface area (Å²) in [5.74, 6) is 0.281. The van der Waals surface area contributed by atoms with Crippen molar-refractivity contribution >= 4 is 6.29 Å². The standard InChI is InChI=1S/C6H10O2.C5H11N/c7-5-6-1-3-8-4-2-6;1-6-4-2-3-5-6/h5-6H,1-4H2;2-5H2,1H3. The van der Waals surface area contributed by atoms with Crippen LogP contribution in [0.5, 0.6) is 0 Å². The minimum Gasteiger partial charge on any atom is -0.381 e. The number of rotatable bonds is 1. The third kappa shape index (κ3) is 4.72. The first kappa shape index (κ1) is 11.7. The van der Waals surface area contributed by atoms with Gasteiger partial charge >= 0.3 is 0 Å². The van der Waals surface area contributed by atoms with E-state index in [4.69, 9.17) is 4.74 Å². The molecule has 0 aromatic carbocycles. The molecule has 0 unspecified atom stereocenters. The molecule has 0 spiro atoms. The van der Waals surface area contributed by atoms with E-state index in [9.17, 15) is 4.79 Å². The van der Waals surface area contributed by atoms with Crippen LogP contribution in [0.15, 0.2) is 0 Å². The average molecular weight is 199 g/mol. The van der Waals surface area contributed by atoms with E-state index in [-0.39, 0.29) is 5.92 Å². The molecule has 2 aliphatic rings. The van der Waals surface area contributed by atoms with Crippen molar-refractivity contribution in [3.8, 4) is 0 Å². The summed E-state index contributed by atoms with van der Waals surface area (Å²) >= 11 is 0. The first-order valence-corrected chi connectivity index (χ1v) is 5.54. The Morgan fingerprint density at radius 3 is 2.07 bits per heavy atom. The van der Waals surface area contributed by atoms with Gasteiger partial charge in [-0.25, -0.2) is 0 Å². The molecule has 0 aliphatic carbocycles. The smallest absolute Gasteiger partial charge is 0.123 e. The monoisotopic (exact) mass is 199 g/mol. The van der Waals surface area contributed by atoms with Crippen molar-refractivity contribution in [2.75, 3.05) is 33.4 Å². The summed E-state index contributed by atoms with van der Waals surface area (Å²) in [4.78, 5) is 12.5. The Morgan fingerprint density at radius 1 is 1.21 bits per heavy atom. The van der Waals surface area contributed by atoms with Crippen LogP contribution in [0.3, 0.4) is 0 Å². The predicted octanol–water partition coefficient (Wildman–Crippen LogP) is 1.32. The summed E-state index contributed by atoms with van der Waals surface area (Å²) in [6.45, 7) is 4.17. The summed E-state index contributed by atoms with van der Waals surface area (Å²) in [6.07, 6.45) is 5.70. The molecule has 2 saturated heterocycles. The van der Waals surface area contributed by atoms with Crippen molar-refractivity contribution in [2.24, 2.45) is 5.92 Å².